The molecule has 3 rings (SSSR count). The lowest BCUT2D eigenvalue weighted by atomic mass is 9.99. The maximum Gasteiger partial charge on any atom is 0.375 e. The third-order valence-electron chi connectivity index (χ3n) is 4.09. The number of carbonyl (C=O) groups excluding carboxylic acids is 2. The van der Waals surface area contributed by atoms with Gasteiger partial charge in [-0.3, -0.25) is 4.79 Å². The topological polar surface area (TPSA) is 123 Å². The SMILES string of the molecule is CCOC(=O)c1oc2cc(O)cc(C(=O)OCC)c2c(=O)c1-c1ccc(O)cc1. The molecule has 0 unspecified atom stereocenters. The first kappa shape index (κ1) is 19.9. The van der Waals surface area contributed by atoms with Gasteiger partial charge in [0.05, 0.1) is 29.7 Å². The Morgan fingerprint density at radius 3 is 2.17 bits per heavy atom. The van der Waals surface area contributed by atoms with Gasteiger partial charge in [0.15, 0.2) is 0 Å². The number of carbonyl (C=O) groups is 2. The van der Waals surface area contributed by atoms with E-state index in [0.29, 0.717) is 0 Å². The fourth-order valence-electron chi connectivity index (χ4n) is 2.91. The van der Waals surface area contributed by atoms with Crippen molar-refractivity contribution in [1.82, 2.24) is 0 Å². The van der Waals surface area contributed by atoms with Crippen LogP contribution in [-0.2, 0) is 9.47 Å². The monoisotopic (exact) mass is 398 g/mol. The van der Waals surface area contributed by atoms with Crippen LogP contribution in [0.15, 0.2) is 45.6 Å². The smallest absolute Gasteiger partial charge is 0.375 e. The molecule has 1 aromatic heterocycles. The van der Waals surface area contributed by atoms with Crippen LogP contribution in [0.2, 0.25) is 0 Å². The Morgan fingerprint density at radius 1 is 0.931 bits per heavy atom. The van der Waals surface area contributed by atoms with E-state index in [2.05, 4.69) is 0 Å². The lowest BCUT2D eigenvalue weighted by Crippen LogP contribution is -2.17. The zero-order valence-corrected chi connectivity index (χ0v) is 15.7. The molecule has 3 aromatic rings. The number of hydrogen-bond donors (Lipinski definition) is 2. The Kier molecular flexibility index (Phi) is 5.54. The van der Waals surface area contributed by atoms with Gasteiger partial charge in [0.25, 0.3) is 0 Å². The highest BCUT2D eigenvalue weighted by Crippen LogP contribution is 2.30. The molecule has 0 fully saturated rings. The number of aromatic hydroxyl groups is 2. The summed E-state index contributed by atoms with van der Waals surface area (Å²) in [5, 5.41) is 19.3. The van der Waals surface area contributed by atoms with Crippen LogP contribution < -0.4 is 5.43 Å². The zero-order valence-electron chi connectivity index (χ0n) is 15.7. The number of benzene rings is 2. The molecule has 0 amide bonds. The summed E-state index contributed by atoms with van der Waals surface area (Å²) in [7, 11) is 0. The standard InChI is InChI=1S/C21H18O8/c1-3-27-20(25)14-9-13(23)10-15-17(14)18(24)16(11-5-7-12(22)8-6-11)19(29-15)21(26)28-4-2/h5-10,22-23H,3-4H2,1-2H3. The van der Waals surface area contributed by atoms with Gasteiger partial charge in [-0.05, 0) is 37.6 Å². The summed E-state index contributed by atoms with van der Waals surface area (Å²) in [5.41, 5.74) is -0.880. The molecule has 2 N–H and O–H groups in total. The van der Waals surface area contributed by atoms with Crippen LogP contribution in [0.4, 0.5) is 0 Å². The predicted octanol–water partition coefficient (Wildman–Crippen LogP) is 3.22. The van der Waals surface area contributed by atoms with E-state index in [1.165, 1.54) is 24.3 Å². The zero-order chi connectivity index (χ0) is 21.1. The Balaban J connectivity index is 2.42. The third-order valence-corrected chi connectivity index (χ3v) is 4.09. The number of esters is 2. The Hall–Kier alpha value is -3.81. The minimum absolute atomic E-state index is 0.0336. The van der Waals surface area contributed by atoms with Crippen molar-refractivity contribution in [3.05, 3.63) is 57.9 Å². The molecule has 0 radical (unpaired) electrons. The number of phenols is 2. The molecule has 1 heterocycles. The Labute approximate surface area is 164 Å². The quantitative estimate of drug-likeness (QED) is 0.628. The normalized spacial score (nSPS) is 10.7. The summed E-state index contributed by atoms with van der Waals surface area (Å²) in [6.45, 7) is 3.31. The van der Waals surface area contributed by atoms with Crippen molar-refractivity contribution < 1.29 is 33.7 Å². The summed E-state index contributed by atoms with van der Waals surface area (Å²) in [6, 6.07) is 7.78. The van der Waals surface area contributed by atoms with E-state index in [1.54, 1.807) is 13.8 Å². The van der Waals surface area contributed by atoms with E-state index < -0.39 is 17.4 Å². The average molecular weight is 398 g/mol. The molecular formula is C21H18O8. The van der Waals surface area contributed by atoms with E-state index in [1.807, 2.05) is 0 Å². The van der Waals surface area contributed by atoms with Crippen molar-refractivity contribution in [3.63, 3.8) is 0 Å². The number of phenolic OH excluding ortho intramolecular Hbond substituents is 2. The highest BCUT2D eigenvalue weighted by atomic mass is 16.5. The third kappa shape index (κ3) is 3.77. The summed E-state index contributed by atoms with van der Waals surface area (Å²) >= 11 is 0. The fourth-order valence-corrected chi connectivity index (χ4v) is 2.91. The molecule has 2 aromatic carbocycles. The molecule has 0 aliphatic carbocycles. The second-order valence-electron chi connectivity index (χ2n) is 5.99. The lowest BCUT2D eigenvalue weighted by Gasteiger charge is -2.12. The van der Waals surface area contributed by atoms with Crippen LogP contribution in [0, 0.1) is 0 Å². The van der Waals surface area contributed by atoms with Gasteiger partial charge in [-0.2, -0.15) is 0 Å². The molecule has 150 valence electrons. The summed E-state index contributed by atoms with van der Waals surface area (Å²) in [5.74, 6) is -2.45. The number of ether oxygens (including phenoxy) is 2. The van der Waals surface area contributed by atoms with Gasteiger partial charge in [-0.15, -0.1) is 0 Å². The van der Waals surface area contributed by atoms with Gasteiger partial charge in [0, 0.05) is 6.07 Å². The van der Waals surface area contributed by atoms with Crippen LogP contribution in [0.1, 0.15) is 34.8 Å². The minimum atomic E-state index is -0.879. The Bertz CT molecular complexity index is 1140. The molecule has 29 heavy (non-hydrogen) atoms. The summed E-state index contributed by atoms with van der Waals surface area (Å²) in [4.78, 5) is 38.2. The first-order valence-electron chi connectivity index (χ1n) is 8.84. The second kappa shape index (κ2) is 8.05. The molecular weight excluding hydrogens is 380 g/mol. The van der Waals surface area contributed by atoms with E-state index >= 15 is 0 Å². The van der Waals surface area contributed by atoms with Crippen molar-refractivity contribution in [2.75, 3.05) is 13.2 Å². The molecule has 0 aliphatic rings. The van der Waals surface area contributed by atoms with Crippen molar-refractivity contribution in [2.24, 2.45) is 0 Å². The van der Waals surface area contributed by atoms with Crippen molar-refractivity contribution in [3.8, 4) is 22.6 Å². The fraction of sp³-hybridized carbons (Fsp3) is 0.190. The largest absolute Gasteiger partial charge is 0.508 e. The average Bonchev–Trinajstić information content (AvgIpc) is 2.68. The van der Waals surface area contributed by atoms with E-state index in [9.17, 15) is 24.6 Å². The van der Waals surface area contributed by atoms with E-state index in [-0.39, 0.29) is 58.1 Å². The van der Waals surface area contributed by atoms with Crippen LogP contribution in [0.3, 0.4) is 0 Å². The number of fused-ring (bicyclic) bond motifs is 1. The van der Waals surface area contributed by atoms with Crippen molar-refractivity contribution in [2.45, 2.75) is 13.8 Å². The van der Waals surface area contributed by atoms with Crippen LogP contribution in [0.25, 0.3) is 22.1 Å². The molecule has 0 aliphatic heterocycles. The van der Waals surface area contributed by atoms with Gasteiger partial charge in [-0.1, -0.05) is 12.1 Å². The highest BCUT2D eigenvalue weighted by molar-refractivity contribution is 6.06. The van der Waals surface area contributed by atoms with E-state index in [0.717, 1.165) is 12.1 Å². The first-order chi connectivity index (χ1) is 13.9. The Morgan fingerprint density at radius 2 is 1.55 bits per heavy atom. The molecule has 8 heteroatoms. The first-order valence-corrected chi connectivity index (χ1v) is 8.84. The molecule has 0 saturated carbocycles. The summed E-state index contributed by atoms with van der Waals surface area (Å²) in [6.07, 6.45) is 0. The highest BCUT2D eigenvalue weighted by Gasteiger charge is 2.26. The van der Waals surface area contributed by atoms with Gasteiger partial charge < -0.3 is 24.1 Å². The maximum atomic E-state index is 13.4. The minimum Gasteiger partial charge on any atom is -0.508 e. The van der Waals surface area contributed by atoms with Crippen LogP contribution >= 0.6 is 0 Å². The van der Waals surface area contributed by atoms with Gasteiger partial charge >= 0.3 is 11.9 Å². The molecule has 0 spiro atoms. The van der Waals surface area contributed by atoms with Gasteiger partial charge in [-0.25, -0.2) is 9.59 Å². The van der Waals surface area contributed by atoms with Crippen LogP contribution in [-0.4, -0.2) is 35.4 Å². The van der Waals surface area contributed by atoms with E-state index in [4.69, 9.17) is 13.9 Å². The van der Waals surface area contributed by atoms with Crippen molar-refractivity contribution in [1.29, 1.82) is 0 Å². The summed E-state index contributed by atoms with van der Waals surface area (Å²) < 4.78 is 15.6. The van der Waals surface area contributed by atoms with Gasteiger partial charge in [0.2, 0.25) is 11.2 Å². The number of hydrogen-bond acceptors (Lipinski definition) is 8. The molecule has 8 nitrogen and oxygen atoms in total. The molecule has 0 atom stereocenters. The lowest BCUT2D eigenvalue weighted by molar-refractivity contribution is 0.0491. The second-order valence-corrected chi connectivity index (χ2v) is 5.99. The maximum absolute atomic E-state index is 13.4. The number of rotatable bonds is 5. The van der Waals surface area contributed by atoms with Crippen molar-refractivity contribution >= 4 is 22.9 Å². The molecule has 0 bridgehead atoms. The molecule has 0 saturated heterocycles. The van der Waals surface area contributed by atoms with Gasteiger partial charge in [0.1, 0.15) is 17.1 Å². The van der Waals surface area contributed by atoms with Crippen LogP contribution in [0.5, 0.6) is 11.5 Å². The predicted molar refractivity (Wildman–Crippen MR) is 103 cm³/mol.